The molecule has 4 heterocycles. The Kier molecular flexibility index (Phi) is 7.43. The topological polar surface area (TPSA) is 92.5 Å². The lowest BCUT2D eigenvalue weighted by atomic mass is 10.0. The van der Waals surface area contributed by atoms with Crippen molar-refractivity contribution >= 4 is 16.9 Å². The summed E-state index contributed by atoms with van der Waals surface area (Å²) in [5.74, 6) is -3.08. The Bertz CT molecular complexity index is 1370. The third-order valence-corrected chi connectivity index (χ3v) is 7.28. The summed E-state index contributed by atoms with van der Waals surface area (Å²) >= 11 is 0. The SMILES string of the molecule is CC(C)n1c(CN2CCC(F)(F)CC2)cc(=O)c2ccc(-c3nc(N[C@@H]4CCOC[C@H]4O)ncc3F)cc21. The number of hydrogen-bond donors (Lipinski definition) is 2. The van der Waals surface area contributed by atoms with E-state index in [9.17, 15) is 23.1 Å². The van der Waals surface area contributed by atoms with Crippen molar-refractivity contribution in [3.05, 3.63) is 52.2 Å². The zero-order valence-electron chi connectivity index (χ0n) is 21.5. The monoisotopic (exact) mass is 531 g/mol. The summed E-state index contributed by atoms with van der Waals surface area (Å²) < 4.78 is 49.5. The van der Waals surface area contributed by atoms with Crippen LogP contribution in [0.15, 0.2) is 35.3 Å². The summed E-state index contributed by atoms with van der Waals surface area (Å²) in [5.41, 5.74) is 1.70. The van der Waals surface area contributed by atoms with Crippen molar-refractivity contribution in [3.8, 4) is 11.3 Å². The van der Waals surface area contributed by atoms with Gasteiger partial charge in [-0.05, 0) is 32.4 Å². The molecule has 0 aliphatic carbocycles. The fourth-order valence-electron chi connectivity index (χ4n) is 5.24. The molecule has 2 atom stereocenters. The predicted octanol–water partition coefficient (Wildman–Crippen LogP) is 3.97. The van der Waals surface area contributed by atoms with E-state index in [-0.39, 0.29) is 61.7 Å². The number of hydrogen-bond acceptors (Lipinski definition) is 7. The van der Waals surface area contributed by atoms with E-state index in [0.717, 1.165) is 11.9 Å². The van der Waals surface area contributed by atoms with Gasteiger partial charge in [0.2, 0.25) is 5.95 Å². The molecule has 0 spiro atoms. The average molecular weight is 532 g/mol. The maximum Gasteiger partial charge on any atom is 0.250 e. The second-order valence-corrected chi connectivity index (χ2v) is 10.4. The minimum Gasteiger partial charge on any atom is -0.389 e. The molecule has 0 amide bonds. The number of alkyl halides is 2. The molecular weight excluding hydrogens is 499 g/mol. The van der Waals surface area contributed by atoms with Gasteiger partial charge < -0.3 is 19.7 Å². The maximum absolute atomic E-state index is 14.9. The number of likely N-dealkylation sites (tertiary alicyclic amines) is 1. The number of benzene rings is 1. The van der Waals surface area contributed by atoms with Crippen molar-refractivity contribution in [2.75, 3.05) is 31.6 Å². The van der Waals surface area contributed by atoms with Gasteiger partial charge in [0.15, 0.2) is 11.2 Å². The standard InChI is InChI=1S/C27H32F3N5O3/c1-16(2)35-18(14-34-8-6-27(29,30)7-9-34)12-23(36)19-4-3-17(11-22(19)35)25-20(28)13-31-26(33-25)32-21-5-10-38-15-24(21)37/h3-4,11-13,16,21,24,37H,5-10,14-15H2,1-2H3,(H,31,32,33)/t21-,24-/m1/s1. The van der Waals surface area contributed by atoms with Crippen molar-refractivity contribution in [3.63, 3.8) is 0 Å². The molecule has 204 valence electrons. The molecule has 2 N–H and O–H groups in total. The number of nitrogens with one attached hydrogen (secondary N) is 1. The van der Waals surface area contributed by atoms with Crippen LogP contribution in [0.25, 0.3) is 22.2 Å². The molecule has 2 aliphatic rings. The first-order valence-corrected chi connectivity index (χ1v) is 12.9. The number of halogens is 3. The molecule has 0 unspecified atom stereocenters. The van der Waals surface area contributed by atoms with Gasteiger partial charge in [0, 0.05) is 67.8 Å². The van der Waals surface area contributed by atoms with Crippen LogP contribution in [0.4, 0.5) is 19.1 Å². The largest absolute Gasteiger partial charge is 0.389 e. The molecule has 3 aromatic rings. The van der Waals surface area contributed by atoms with Gasteiger partial charge in [-0.1, -0.05) is 6.07 Å². The van der Waals surface area contributed by atoms with E-state index in [0.29, 0.717) is 36.0 Å². The van der Waals surface area contributed by atoms with Gasteiger partial charge in [0.05, 0.1) is 30.5 Å². The Hall–Kier alpha value is -3.02. The number of aromatic nitrogens is 3. The Morgan fingerprint density at radius 2 is 2.00 bits per heavy atom. The van der Waals surface area contributed by atoms with Crippen LogP contribution >= 0.6 is 0 Å². The van der Waals surface area contributed by atoms with Crippen LogP contribution in [-0.2, 0) is 11.3 Å². The highest BCUT2D eigenvalue weighted by atomic mass is 19.3. The number of fused-ring (bicyclic) bond motifs is 1. The van der Waals surface area contributed by atoms with Crippen LogP contribution < -0.4 is 10.7 Å². The quantitative estimate of drug-likeness (QED) is 0.497. The number of piperidine rings is 1. The zero-order valence-corrected chi connectivity index (χ0v) is 21.5. The van der Waals surface area contributed by atoms with Gasteiger partial charge in [-0.25, -0.2) is 23.1 Å². The molecule has 38 heavy (non-hydrogen) atoms. The Morgan fingerprint density at radius 3 is 2.71 bits per heavy atom. The molecule has 1 aromatic carbocycles. The minimum absolute atomic E-state index is 0.0444. The highest BCUT2D eigenvalue weighted by Crippen LogP contribution is 2.30. The smallest absolute Gasteiger partial charge is 0.250 e. The van der Waals surface area contributed by atoms with Crippen LogP contribution in [0.3, 0.4) is 0 Å². The van der Waals surface area contributed by atoms with Crippen molar-refractivity contribution in [2.45, 2.75) is 63.8 Å². The lowest BCUT2D eigenvalue weighted by molar-refractivity contribution is -0.0570. The molecule has 0 bridgehead atoms. The Balaban J connectivity index is 1.51. The fraction of sp³-hybridized carbons (Fsp3) is 0.519. The van der Waals surface area contributed by atoms with E-state index in [1.165, 1.54) is 0 Å². The molecule has 0 radical (unpaired) electrons. The van der Waals surface area contributed by atoms with Crippen LogP contribution in [0.1, 0.15) is 44.8 Å². The van der Waals surface area contributed by atoms with Crippen LogP contribution in [0, 0.1) is 5.82 Å². The molecule has 2 aromatic heterocycles. The summed E-state index contributed by atoms with van der Waals surface area (Å²) in [4.78, 5) is 23.4. The van der Waals surface area contributed by atoms with Crippen molar-refractivity contribution < 1.29 is 23.0 Å². The Labute approximate surface area is 218 Å². The number of rotatable bonds is 6. The predicted molar refractivity (Wildman–Crippen MR) is 138 cm³/mol. The molecule has 2 saturated heterocycles. The zero-order chi connectivity index (χ0) is 27.0. The van der Waals surface area contributed by atoms with Gasteiger partial charge in [-0.2, -0.15) is 0 Å². The summed E-state index contributed by atoms with van der Waals surface area (Å²) in [6.07, 6.45) is 0.506. The van der Waals surface area contributed by atoms with Crippen molar-refractivity contribution in [1.82, 2.24) is 19.4 Å². The van der Waals surface area contributed by atoms with Crippen LogP contribution in [0.2, 0.25) is 0 Å². The third-order valence-electron chi connectivity index (χ3n) is 7.28. The van der Waals surface area contributed by atoms with Gasteiger partial charge >= 0.3 is 0 Å². The van der Waals surface area contributed by atoms with E-state index in [1.54, 1.807) is 24.3 Å². The molecule has 5 rings (SSSR count). The highest BCUT2D eigenvalue weighted by Gasteiger charge is 2.34. The first-order chi connectivity index (χ1) is 18.1. The molecule has 2 aliphatic heterocycles. The molecule has 2 fully saturated rings. The lowest BCUT2D eigenvalue weighted by Crippen LogP contribution is -2.42. The molecule has 0 saturated carbocycles. The number of ether oxygens (including phenoxy) is 1. The highest BCUT2D eigenvalue weighted by molar-refractivity contribution is 5.84. The normalized spacial score (nSPS) is 22.2. The number of aliphatic hydroxyl groups excluding tert-OH is 1. The molecule has 8 nitrogen and oxygen atoms in total. The number of aliphatic hydroxyl groups is 1. The van der Waals surface area contributed by atoms with Gasteiger partial charge in [-0.3, -0.25) is 9.69 Å². The van der Waals surface area contributed by atoms with Gasteiger partial charge in [0.1, 0.15) is 5.69 Å². The second-order valence-electron chi connectivity index (χ2n) is 10.4. The first kappa shape index (κ1) is 26.6. The lowest BCUT2D eigenvalue weighted by Gasteiger charge is -2.33. The first-order valence-electron chi connectivity index (χ1n) is 12.9. The minimum atomic E-state index is -2.65. The van der Waals surface area contributed by atoms with E-state index in [2.05, 4.69) is 15.3 Å². The maximum atomic E-state index is 14.9. The summed E-state index contributed by atoms with van der Waals surface area (Å²) in [6, 6.07) is 6.26. The number of anilines is 1. The second kappa shape index (κ2) is 10.6. The van der Waals surface area contributed by atoms with Crippen LogP contribution in [-0.4, -0.2) is 68.9 Å². The van der Waals surface area contributed by atoms with E-state index >= 15 is 0 Å². The fourth-order valence-corrected chi connectivity index (χ4v) is 5.24. The average Bonchev–Trinajstić information content (AvgIpc) is 2.87. The molecular formula is C27H32F3N5O3. The van der Waals surface area contributed by atoms with Crippen LogP contribution in [0.5, 0.6) is 0 Å². The van der Waals surface area contributed by atoms with Gasteiger partial charge in [0.25, 0.3) is 5.92 Å². The van der Waals surface area contributed by atoms with Gasteiger partial charge in [-0.15, -0.1) is 0 Å². The van der Waals surface area contributed by atoms with Crippen molar-refractivity contribution in [2.24, 2.45) is 0 Å². The van der Waals surface area contributed by atoms with Crippen molar-refractivity contribution in [1.29, 1.82) is 0 Å². The summed E-state index contributed by atoms with van der Waals surface area (Å²) in [5, 5.41) is 13.7. The molecule has 11 heteroatoms. The summed E-state index contributed by atoms with van der Waals surface area (Å²) in [6.45, 7) is 5.52. The number of pyridine rings is 1. The summed E-state index contributed by atoms with van der Waals surface area (Å²) in [7, 11) is 0. The van der Waals surface area contributed by atoms with E-state index < -0.39 is 17.8 Å². The third kappa shape index (κ3) is 5.55. The van der Waals surface area contributed by atoms with E-state index in [1.807, 2.05) is 23.3 Å². The number of nitrogens with zero attached hydrogens (tertiary/aromatic N) is 4. The van der Waals surface area contributed by atoms with E-state index in [4.69, 9.17) is 4.74 Å². The Morgan fingerprint density at radius 1 is 1.24 bits per heavy atom.